The third-order valence-electron chi connectivity index (χ3n) is 2.84. The Morgan fingerprint density at radius 3 is 2.22 bits per heavy atom. The molecule has 0 aliphatic rings. The molecule has 0 aliphatic carbocycles. The molecule has 1 aromatic carbocycles. The van der Waals surface area contributed by atoms with Gasteiger partial charge in [0.1, 0.15) is 0 Å². The highest BCUT2D eigenvalue weighted by Crippen LogP contribution is 2.23. The maximum absolute atomic E-state index is 13.6. The van der Waals surface area contributed by atoms with Gasteiger partial charge in [-0.1, -0.05) is 0 Å². The predicted molar refractivity (Wildman–Crippen MR) is 77.5 cm³/mol. The van der Waals surface area contributed by atoms with Crippen molar-refractivity contribution in [1.29, 1.82) is 0 Å². The van der Waals surface area contributed by atoms with E-state index >= 15 is 0 Å². The Labute approximate surface area is 133 Å². The van der Waals surface area contributed by atoms with E-state index in [1.807, 2.05) is 6.92 Å². The van der Waals surface area contributed by atoms with Gasteiger partial charge in [0, 0.05) is 18.8 Å². The number of hydrogen-bond acceptors (Lipinski definition) is 2. The first-order valence-electron chi connectivity index (χ1n) is 6.43. The zero-order valence-corrected chi connectivity index (χ0v) is 12.6. The number of benzene rings is 1. The second kappa shape index (κ2) is 6.90. The minimum absolute atomic E-state index is 0.264. The number of halogens is 5. The Bertz CT molecular complexity index is 717. The lowest BCUT2D eigenvalue weighted by molar-refractivity contribution is 0.367. The molecular formula is C13H11F5N4S. The van der Waals surface area contributed by atoms with E-state index in [1.54, 1.807) is 0 Å². The summed E-state index contributed by atoms with van der Waals surface area (Å²) in [4.78, 5) is 0. The summed E-state index contributed by atoms with van der Waals surface area (Å²) in [6.07, 6.45) is 1.31. The Hall–Kier alpha value is -2.23. The van der Waals surface area contributed by atoms with Gasteiger partial charge in [-0.2, -0.15) is 5.10 Å². The first-order valence-corrected chi connectivity index (χ1v) is 6.84. The Balaban J connectivity index is 2.24. The zero-order chi connectivity index (χ0) is 17.1. The lowest BCUT2D eigenvalue weighted by Crippen LogP contribution is -2.28. The van der Waals surface area contributed by atoms with Crippen LogP contribution in [0.5, 0.6) is 0 Å². The van der Waals surface area contributed by atoms with E-state index in [-0.39, 0.29) is 10.9 Å². The molecule has 0 bridgehead atoms. The smallest absolute Gasteiger partial charge is 0.200 e. The van der Waals surface area contributed by atoms with Crippen LogP contribution in [-0.2, 0) is 6.54 Å². The summed E-state index contributed by atoms with van der Waals surface area (Å²) in [6.45, 7) is 1.79. The average Bonchev–Trinajstić information content (AvgIpc) is 2.95. The van der Waals surface area contributed by atoms with Crippen molar-refractivity contribution in [3.05, 3.63) is 46.9 Å². The van der Waals surface area contributed by atoms with Crippen LogP contribution in [0.25, 0.3) is 0 Å². The standard InChI is InChI=1S/C13H11F5N4S/c1-2-19-13(23)20-7-3-4-22(21-7)5-6-8(14)10(16)12(18)11(17)9(6)15/h3-4H,2,5H2,1H3,(H2,19,20,21,23). The molecule has 2 N–H and O–H groups in total. The number of nitrogens with zero attached hydrogens (tertiary/aromatic N) is 2. The van der Waals surface area contributed by atoms with Crippen molar-refractivity contribution in [1.82, 2.24) is 15.1 Å². The van der Waals surface area contributed by atoms with E-state index in [2.05, 4.69) is 15.7 Å². The van der Waals surface area contributed by atoms with Gasteiger partial charge in [0.15, 0.2) is 34.2 Å². The van der Waals surface area contributed by atoms with Gasteiger partial charge in [0.25, 0.3) is 0 Å². The quantitative estimate of drug-likeness (QED) is 0.385. The van der Waals surface area contributed by atoms with Crippen LogP contribution >= 0.6 is 12.2 Å². The first-order chi connectivity index (χ1) is 10.8. The van der Waals surface area contributed by atoms with Crippen molar-refractivity contribution in [3.8, 4) is 0 Å². The van der Waals surface area contributed by atoms with Gasteiger partial charge in [0.2, 0.25) is 5.82 Å². The summed E-state index contributed by atoms with van der Waals surface area (Å²) in [6, 6.07) is 1.44. The number of rotatable bonds is 4. The SMILES string of the molecule is CCNC(=S)Nc1ccn(Cc2c(F)c(F)c(F)c(F)c2F)n1. The maximum atomic E-state index is 13.6. The van der Waals surface area contributed by atoms with E-state index in [0.717, 1.165) is 4.68 Å². The monoisotopic (exact) mass is 350 g/mol. The van der Waals surface area contributed by atoms with E-state index < -0.39 is 41.2 Å². The van der Waals surface area contributed by atoms with Crippen LogP contribution in [0, 0.1) is 29.1 Å². The van der Waals surface area contributed by atoms with Crippen molar-refractivity contribution in [2.45, 2.75) is 13.5 Å². The molecule has 124 valence electrons. The van der Waals surface area contributed by atoms with Crippen molar-refractivity contribution < 1.29 is 22.0 Å². The van der Waals surface area contributed by atoms with Gasteiger partial charge in [-0.05, 0) is 19.1 Å². The largest absolute Gasteiger partial charge is 0.363 e. The van der Waals surface area contributed by atoms with Gasteiger partial charge in [-0.15, -0.1) is 0 Å². The average molecular weight is 350 g/mol. The summed E-state index contributed by atoms with van der Waals surface area (Å²) < 4.78 is 67.5. The molecule has 0 fully saturated rings. The number of anilines is 1. The van der Waals surface area contributed by atoms with Crippen molar-refractivity contribution in [3.63, 3.8) is 0 Å². The highest BCUT2D eigenvalue weighted by Gasteiger charge is 2.25. The molecule has 0 saturated carbocycles. The zero-order valence-electron chi connectivity index (χ0n) is 11.8. The number of nitrogens with one attached hydrogen (secondary N) is 2. The van der Waals surface area contributed by atoms with Crippen LogP contribution in [0.4, 0.5) is 27.8 Å². The Kier molecular flexibility index (Phi) is 5.14. The van der Waals surface area contributed by atoms with Gasteiger partial charge in [0.05, 0.1) is 12.1 Å². The van der Waals surface area contributed by atoms with Crippen LogP contribution in [-0.4, -0.2) is 21.4 Å². The molecule has 23 heavy (non-hydrogen) atoms. The highest BCUT2D eigenvalue weighted by atomic mass is 32.1. The van der Waals surface area contributed by atoms with Crippen molar-refractivity contribution in [2.24, 2.45) is 0 Å². The second-order valence-corrected chi connectivity index (χ2v) is 4.84. The fourth-order valence-electron chi connectivity index (χ4n) is 1.79. The molecule has 0 spiro atoms. The second-order valence-electron chi connectivity index (χ2n) is 4.43. The Morgan fingerprint density at radius 1 is 1.09 bits per heavy atom. The maximum Gasteiger partial charge on any atom is 0.200 e. The normalized spacial score (nSPS) is 10.7. The van der Waals surface area contributed by atoms with Gasteiger partial charge >= 0.3 is 0 Å². The van der Waals surface area contributed by atoms with E-state index in [9.17, 15) is 22.0 Å². The summed E-state index contributed by atoms with van der Waals surface area (Å²) >= 11 is 4.93. The highest BCUT2D eigenvalue weighted by molar-refractivity contribution is 7.80. The molecule has 2 aromatic rings. The molecule has 1 aromatic heterocycles. The number of aromatic nitrogens is 2. The van der Waals surface area contributed by atoms with Crippen molar-refractivity contribution in [2.75, 3.05) is 11.9 Å². The third kappa shape index (κ3) is 3.58. The lowest BCUT2D eigenvalue weighted by atomic mass is 10.1. The molecule has 0 saturated heterocycles. The fourth-order valence-corrected chi connectivity index (χ4v) is 2.04. The first kappa shape index (κ1) is 17.1. The predicted octanol–water partition coefficient (Wildman–Crippen LogP) is 2.93. The van der Waals surface area contributed by atoms with Crippen LogP contribution in [0.3, 0.4) is 0 Å². The Morgan fingerprint density at radius 2 is 1.65 bits per heavy atom. The molecule has 0 unspecified atom stereocenters. The van der Waals surface area contributed by atoms with E-state index in [0.29, 0.717) is 6.54 Å². The van der Waals surface area contributed by atoms with Gasteiger partial charge < -0.3 is 10.6 Å². The van der Waals surface area contributed by atoms with E-state index in [1.165, 1.54) is 12.3 Å². The van der Waals surface area contributed by atoms with Crippen LogP contribution < -0.4 is 10.6 Å². The molecule has 0 radical (unpaired) electrons. The third-order valence-corrected chi connectivity index (χ3v) is 3.09. The molecule has 2 rings (SSSR count). The minimum Gasteiger partial charge on any atom is -0.363 e. The number of hydrogen-bond donors (Lipinski definition) is 2. The van der Waals surface area contributed by atoms with Gasteiger partial charge in [-0.25, -0.2) is 22.0 Å². The molecule has 0 aliphatic heterocycles. The lowest BCUT2D eigenvalue weighted by Gasteiger charge is -2.08. The van der Waals surface area contributed by atoms with Crippen molar-refractivity contribution >= 4 is 23.1 Å². The minimum atomic E-state index is -2.19. The van der Waals surface area contributed by atoms with Crippen LogP contribution in [0.1, 0.15) is 12.5 Å². The molecule has 1 heterocycles. The molecule has 0 atom stereocenters. The fraction of sp³-hybridized carbons (Fsp3) is 0.231. The number of thiocarbonyl (C=S) groups is 1. The molecular weight excluding hydrogens is 339 g/mol. The summed E-state index contributed by atoms with van der Waals surface area (Å²) in [5.41, 5.74) is -0.967. The topological polar surface area (TPSA) is 41.9 Å². The van der Waals surface area contributed by atoms with E-state index in [4.69, 9.17) is 12.2 Å². The molecule has 4 nitrogen and oxygen atoms in total. The summed E-state index contributed by atoms with van der Waals surface area (Å²) in [5, 5.41) is 9.69. The van der Waals surface area contributed by atoms with Gasteiger partial charge in [-0.3, -0.25) is 4.68 Å². The van der Waals surface area contributed by atoms with Crippen LogP contribution in [0.15, 0.2) is 12.3 Å². The summed E-state index contributed by atoms with van der Waals surface area (Å²) in [7, 11) is 0. The molecule has 0 amide bonds. The summed E-state index contributed by atoms with van der Waals surface area (Å²) in [5.74, 6) is -9.66. The van der Waals surface area contributed by atoms with Crippen LogP contribution in [0.2, 0.25) is 0 Å². The molecule has 10 heteroatoms.